The Kier molecular flexibility index (Phi) is 4.92. The van der Waals surface area contributed by atoms with Crippen LogP contribution in [0.15, 0.2) is 23.7 Å². The van der Waals surface area contributed by atoms with Crippen molar-refractivity contribution in [3.63, 3.8) is 0 Å². The Hall–Kier alpha value is -0.960. The molecule has 0 bridgehead atoms. The van der Waals surface area contributed by atoms with Crippen molar-refractivity contribution < 1.29 is 9.47 Å². The zero-order valence-corrected chi connectivity index (χ0v) is 10.8. The summed E-state index contributed by atoms with van der Waals surface area (Å²) in [5, 5.41) is 0. The van der Waals surface area contributed by atoms with E-state index in [9.17, 15) is 0 Å². The van der Waals surface area contributed by atoms with Gasteiger partial charge < -0.3 is 9.47 Å². The van der Waals surface area contributed by atoms with Crippen LogP contribution in [0.4, 0.5) is 0 Å². The Balaban J connectivity index is 1.70. The molecule has 0 amide bonds. The molecule has 0 unspecified atom stereocenters. The normalized spacial score (nSPS) is 21.7. The smallest absolute Gasteiger partial charge is 0.156 e. The molecule has 1 heterocycles. The van der Waals surface area contributed by atoms with Gasteiger partial charge in [-0.1, -0.05) is 6.42 Å². The average Bonchev–Trinajstić information content (AvgIpc) is 2.40. The third kappa shape index (κ3) is 3.77. The zero-order valence-electron chi connectivity index (χ0n) is 10.8. The van der Waals surface area contributed by atoms with Crippen LogP contribution in [0.3, 0.4) is 0 Å². The summed E-state index contributed by atoms with van der Waals surface area (Å²) in [6.45, 7) is 4.27. The van der Waals surface area contributed by atoms with Gasteiger partial charge in [0.05, 0.1) is 7.11 Å². The molecule has 0 aromatic carbocycles. The van der Waals surface area contributed by atoms with Crippen molar-refractivity contribution in [3.05, 3.63) is 23.7 Å². The molecular formula is C14H23NO2. The van der Waals surface area contributed by atoms with E-state index in [2.05, 4.69) is 17.1 Å². The van der Waals surface area contributed by atoms with Gasteiger partial charge in [-0.05, 0) is 50.9 Å². The maximum atomic E-state index is 5.82. The molecule has 2 rings (SSSR count). The molecule has 1 aliphatic heterocycles. The van der Waals surface area contributed by atoms with E-state index in [1.165, 1.54) is 32.4 Å². The van der Waals surface area contributed by atoms with Gasteiger partial charge in [-0.25, -0.2) is 0 Å². The van der Waals surface area contributed by atoms with E-state index in [4.69, 9.17) is 9.47 Å². The highest BCUT2D eigenvalue weighted by Crippen LogP contribution is 2.20. The first-order chi connectivity index (χ1) is 8.40. The van der Waals surface area contributed by atoms with Crippen molar-refractivity contribution in [2.45, 2.75) is 32.1 Å². The molecule has 96 valence electrons. The number of methoxy groups -OCH3 is 1. The molecule has 3 nitrogen and oxygen atoms in total. The van der Waals surface area contributed by atoms with Gasteiger partial charge in [-0.3, -0.25) is 4.90 Å². The van der Waals surface area contributed by atoms with Gasteiger partial charge in [0.2, 0.25) is 0 Å². The van der Waals surface area contributed by atoms with Crippen LogP contribution in [0.5, 0.6) is 0 Å². The first-order valence-electron chi connectivity index (χ1n) is 6.70. The van der Waals surface area contributed by atoms with E-state index in [0.29, 0.717) is 0 Å². The van der Waals surface area contributed by atoms with Crippen molar-refractivity contribution in [2.24, 2.45) is 0 Å². The van der Waals surface area contributed by atoms with Crippen molar-refractivity contribution >= 4 is 0 Å². The summed E-state index contributed by atoms with van der Waals surface area (Å²) in [4.78, 5) is 2.49. The average molecular weight is 237 g/mol. The number of hydrogen-bond acceptors (Lipinski definition) is 3. The number of likely N-dealkylation sites (tertiary alicyclic amines) is 1. The van der Waals surface area contributed by atoms with Crippen LogP contribution in [0.25, 0.3) is 0 Å². The summed E-state index contributed by atoms with van der Waals surface area (Å²) < 4.78 is 11.1. The van der Waals surface area contributed by atoms with Crippen LogP contribution in [0, 0.1) is 0 Å². The topological polar surface area (TPSA) is 21.7 Å². The molecule has 0 saturated carbocycles. The third-order valence-electron chi connectivity index (χ3n) is 3.40. The van der Waals surface area contributed by atoms with Gasteiger partial charge in [-0.15, -0.1) is 0 Å². The molecule has 3 heteroatoms. The van der Waals surface area contributed by atoms with Crippen molar-refractivity contribution in [1.29, 1.82) is 0 Å². The molecule has 2 aliphatic rings. The van der Waals surface area contributed by atoms with Crippen LogP contribution in [0.1, 0.15) is 32.1 Å². The molecule has 0 N–H and O–H groups in total. The molecule has 1 fully saturated rings. The van der Waals surface area contributed by atoms with E-state index < -0.39 is 0 Å². The molecule has 17 heavy (non-hydrogen) atoms. The van der Waals surface area contributed by atoms with E-state index in [1.807, 2.05) is 0 Å². The van der Waals surface area contributed by atoms with Gasteiger partial charge in [-0.2, -0.15) is 0 Å². The lowest BCUT2D eigenvalue weighted by molar-refractivity contribution is 0.128. The molecule has 0 aromatic heterocycles. The highest BCUT2D eigenvalue weighted by Gasteiger charge is 2.13. The second-order valence-electron chi connectivity index (χ2n) is 4.67. The largest absolute Gasteiger partial charge is 0.493 e. The second-order valence-corrected chi connectivity index (χ2v) is 4.67. The van der Waals surface area contributed by atoms with E-state index >= 15 is 0 Å². The minimum absolute atomic E-state index is 0.770. The number of rotatable bonds is 5. The molecule has 0 radical (unpaired) electrons. The van der Waals surface area contributed by atoms with Crippen LogP contribution < -0.4 is 0 Å². The summed E-state index contributed by atoms with van der Waals surface area (Å²) in [6, 6.07) is 0. The number of nitrogens with zero attached hydrogens (tertiary/aromatic N) is 1. The van der Waals surface area contributed by atoms with E-state index in [0.717, 1.165) is 37.5 Å². The van der Waals surface area contributed by atoms with Crippen LogP contribution in [-0.4, -0.2) is 38.3 Å². The lowest BCUT2D eigenvalue weighted by atomic mass is 10.1. The fourth-order valence-corrected chi connectivity index (χ4v) is 2.41. The number of ether oxygens (including phenoxy) is 2. The Morgan fingerprint density at radius 2 is 1.76 bits per heavy atom. The summed E-state index contributed by atoms with van der Waals surface area (Å²) >= 11 is 0. The maximum Gasteiger partial charge on any atom is 0.156 e. The standard InChI is InChI=1S/C14H23NO2/c1-16-13-7-3-4-8-14(13)17-12-11-15-9-5-2-6-10-15/h7-8H,2-6,9-12H2,1H3. The summed E-state index contributed by atoms with van der Waals surface area (Å²) in [6.07, 6.45) is 10.4. The predicted octanol–water partition coefficient (Wildman–Crippen LogP) is 2.70. The second kappa shape index (κ2) is 6.70. The minimum atomic E-state index is 0.770. The SMILES string of the molecule is COC1=CCCC=C1OCCN1CCCCC1. The number of piperidine rings is 1. The van der Waals surface area contributed by atoms with Gasteiger partial charge in [0, 0.05) is 6.54 Å². The van der Waals surface area contributed by atoms with E-state index in [1.54, 1.807) is 7.11 Å². The fraction of sp³-hybridized carbons (Fsp3) is 0.714. The first kappa shape index (κ1) is 12.5. The number of hydrogen-bond donors (Lipinski definition) is 0. The molecule has 0 atom stereocenters. The Morgan fingerprint density at radius 1 is 1.06 bits per heavy atom. The first-order valence-corrected chi connectivity index (χ1v) is 6.70. The lowest BCUT2D eigenvalue weighted by Crippen LogP contribution is -2.32. The molecule has 1 aliphatic carbocycles. The molecule has 0 spiro atoms. The lowest BCUT2D eigenvalue weighted by Gasteiger charge is -2.26. The molecular weight excluding hydrogens is 214 g/mol. The van der Waals surface area contributed by atoms with Gasteiger partial charge in [0.15, 0.2) is 11.5 Å². The van der Waals surface area contributed by atoms with Crippen LogP contribution in [-0.2, 0) is 9.47 Å². The molecule has 0 aromatic rings. The Morgan fingerprint density at radius 3 is 2.47 bits per heavy atom. The maximum absolute atomic E-state index is 5.82. The van der Waals surface area contributed by atoms with Gasteiger partial charge in [0.1, 0.15) is 6.61 Å². The Labute approximate surface area is 104 Å². The summed E-state index contributed by atoms with van der Waals surface area (Å²) in [7, 11) is 1.71. The zero-order chi connectivity index (χ0) is 11.9. The highest BCUT2D eigenvalue weighted by molar-refractivity contribution is 5.23. The predicted molar refractivity (Wildman–Crippen MR) is 68.7 cm³/mol. The molecule has 1 saturated heterocycles. The van der Waals surface area contributed by atoms with Crippen LogP contribution in [0.2, 0.25) is 0 Å². The summed E-state index contributed by atoms with van der Waals surface area (Å²) in [5.41, 5.74) is 0. The van der Waals surface area contributed by atoms with E-state index in [-0.39, 0.29) is 0 Å². The van der Waals surface area contributed by atoms with Crippen molar-refractivity contribution in [3.8, 4) is 0 Å². The van der Waals surface area contributed by atoms with Crippen molar-refractivity contribution in [1.82, 2.24) is 4.90 Å². The van der Waals surface area contributed by atoms with Gasteiger partial charge >= 0.3 is 0 Å². The fourth-order valence-electron chi connectivity index (χ4n) is 2.41. The third-order valence-corrected chi connectivity index (χ3v) is 3.40. The Bertz CT molecular complexity index is 291. The quantitative estimate of drug-likeness (QED) is 0.734. The summed E-state index contributed by atoms with van der Waals surface area (Å²) in [5.74, 6) is 1.82. The van der Waals surface area contributed by atoms with Gasteiger partial charge in [0.25, 0.3) is 0 Å². The number of allylic oxidation sites excluding steroid dienone is 2. The highest BCUT2D eigenvalue weighted by atomic mass is 16.5. The monoisotopic (exact) mass is 237 g/mol. The van der Waals surface area contributed by atoms with Crippen LogP contribution >= 0.6 is 0 Å². The van der Waals surface area contributed by atoms with Crippen molar-refractivity contribution in [2.75, 3.05) is 33.4 Å². The minimum Gasteiger partial charge on any atom is -0.493 e.